The molecule has 0 aromatic heterocycles. The molecule has 2 aliphatic heterocycles. The molecule has 0 aromatic carbocycles. The van der Waals surface area contributed by atoms with Crippen LogP contribution in [0.1, 0.15) is 232 Å². The van der Waals surface area contributed by atoms with Gasteiger partial charge in [-0.05, 0) is 12.8 Å². The van der Waals surface area contributed by atoms with Crippen molar-refractivity contribution in [3.8, 4) is 0 Å². The van der Waals surface area contributed by atoms with Crippen LogP contribution in [-0.4, -0.2) is 163 Å². The van der Waals surface area contributed by atoms with Crippen molar-refractivity contribution in [2.75, 3.05) is 19.8 Å². The molecule has 0 aliphatic carbocycles. The molecule has 0 spiro atoms. The molecule has 2 saturated heterocycles. The number of rotatable bonds is 46. The summed E-state index contributed by atoms with van der Waals surface area (Å²) < 4.78 is 22.6. The third-order valence-corrected chi connectivity index (χ3v) is 14.5. The second-order valence-electron chi connectivity index (χ2n) is 20.7. The van der Waals surface area contributed by atoms with Crippen LogP contribution in [0.4, 0.5) is 0 Å². The van der Waals surface area contributed by atoms with Crippen LogP contribution in [0.5, 0.6) is 0 Å². The van der Waals surface area contributed by atoms with Gasteiger partial charge in [0.15, 0.2) is 12.6 Å². The lowest BCUT2D eigenvalue weighted by molar-refractivity contribution is -0.332. The Bertz CT molecular complexity index is 1220. The van der Waals surface area contributed by atoms with Crippen LogP contribution in [0.15, 0.2) is 0 Å². The third kappa shape index (κ3) is 26.9. The number of hydrogen-bond acceptors (Lipinski definition) is 15. The van der Waals surface area contributed by atoms with E-state index < -0.39 is 111 Å². The minimum absolute atomic E-state index is 0.204. The zero-order valence-electron chi connectivity index (χ0n) is 43.8. The summed E-state index contributed by atoms with van der Waals surface area (Å²) in [7, 11) is 0. The van der Waals surface area contributed by atoms with Gasteiger partial charge in [-0.2, -0.15) is 0 Å². The lowest BCUT2D eigenvalue weighted by Gasteiger charge is -2.43. The van der Waals surface area contributed by atoms with Crippen molar-refractivity contribution < 1.29 is 74.8 Å². The summed E-state index contributed by atoms with van der Waals surface area (Å²) in [5.74, 6) is -0.760. The molecule has 1 amide bonds. The van der Waals surface area contributed by atoms with Crippen LogP contribution in [0.3, 0.4) is 0 Å². The maximum atomic E-state index is 13.4. The molecule has 70 heavy (non-hydrogen) atoms. The van der Waals surface area contributed by atoms with Crippen LogP contribution in [0.2, 0.25) is 0 Å². The van der Waals surface area contributed by atoms with Crippen molar-refractivity contribution >= 4 is 5.91 Å². The van der Waals surface area contributed by atoms with Gasteiger partial charge in [0, 0.05) is 0 Å². The quantitative estimate of drug-likeness (QED) is 0.0291. The Hall–Kier alpha value is -1.09. The monoisotopic (exact) mass is 1010 g/mol. The predicted molar refractivity (Wildman–Crippen MR) is 271 cm³/mol. The van der Waals surface area contributed by atoms with Gasteiger partial charge in [0.2, 0.25) is 5.91 Å². The lowest BCUT2D eigenvalue weighted by atomic mass is 9.98. The molecule has 0 saturated carbocycles. The van der Waals surface area contributed by atoms with E-state index in [2.05, 4.69) is 19.2 Å². The Balaban J connectivity index is 1.87. The molecule has 2 aliphatic rings. The van der Waals surface area contributed by atoms with Crippen LogP contribution >= 0.6 is 0 Å². The van der Waals surface area contributed by atoms with E-state index in [-0.39, 0.29) is 12.8 Å². The Labute approximate surface area is 422 Å². The van der Waals surface area contributed by atoms with Gasteiger partial charge < -0.3 is 75.3 Å². The average Bonchev–Trinajstić information content (AvgIpc) is 3.64. The van der Waals surface area contributed by atoms with Crippen molar-refractivity contribution in [1.82, 2.24) is 5.32 Å². The molecule has 0 aromatic rings. The van der Waals surface area contributed by atoms with E-state index in [1.165, 1.54) is 148 Å². The highest BCUT2D eigenvalue weighted by Crippen LogP contribution is 2.31. The smallest absolute Gasteiger partial charge is 0.249 e. The summed E-state index contributed by atoms with van der Waals surface area (Å²) in [6.07, 6.45) is 18.3. The van der Waals surface area contributed by atoms with Gasteiger partial charge >= 0.3 is 0 Å². The number of nitrogens with one attached hydrogen (secondary N) is 1. The number of amides is 1. The molecule has 11 N–H and O–H groups in total. The minimum Gasteiger partial charge on any atom is -0.394 e. The van der Waals surface area contributed by atoms with Crippen LogP contribution in [0, 0.1) is 0 Å². The van der Waals surface area contributed by atoms with Crippen LogP contribution in [0.25, 0.3) is 0 Å². The summed E-state index contributed by atoms with van der Waals surface area (Å²) >= 11 is 0. The highest BCUT2D eigenvalue weighted by Gasteiger charge is 2.52. The van der Waals surface area contributed by atoms with Gasteiger partial charge in [-0.1, -0.05) is 219 Å². The zero-order valence-corrected chi connectivity index (χ0v) is 43.8. The molecule has 2 rings (SSSR count). The van der Waals surface area contributed by atoms with E-state index in [4.69, 9.17) is 18.9 Å². The fourth-order valence-corrected chi connectivity index (χ4v) is 9.77. The lowest BCUT2D eigenvalue weighted by Crippen LogP contribution is -2.62. The second kappa shape index (κ2) is 41.2. The number of unbranched alkanes of at least 4 members (excludes halogenated alkanes) is 30. The summed E-state index contributed by atoms with van der Waals surface area (Å²) in [6, 6.07) is -1.28. The zero-order chi connectivity index (χ0) is 51.4. The van der Waals surface area contributed by atoms with E-state index in [9.17, 15) is 55.9 Å². The summed E-state index contributed by atoms with van der Waals surface area (Å²) in [5.41, 5.74) is 0. The predicted octanol–water partition coefficient (Wildman–Crippen LogP) is 6.50. The minimum atomic E-state index is -1.82. The van der Waals surface area contributed by atoms with Gasteiger partial charge in [0.1, 0.15) is 61.0 Å². The fraction of sp³-hybridized carbons (Fsp3) is 0.981. The highest BCUT2D eigenvalue weighted by molar-refractivity contribution is 5.80. The molecule has 416 valence electrons. The van der Waals surface area contributed by atoms with Gasteiger partial charge in [-0.15, -0.1) is 0 Å². The summed E-state index contributed by atoms with van der Waals surface area (Å²) in [5, 5.41) is 109. The van der Waals surface area contributed by atoms with E-state index in [0.29, 0.717) is 12.8 Å². The van der Waals surface area contributed by atoms with E-state index in [1.807, 2.05) is 0 Å². The molecule has 14 unspecified atom stereocenters. The van der Waals surface area contributed by atoms with Crippen LogP contribution < -0.4 is 5.32 Å². The van der Waals surface area contributed by atoms with Crippen molar-refractivity contribution in [2.24, 2.45) is 0 Å². The number of aliphatic hydroxyl groups is 10. The molecule has 0 radical (unpaired) electrons. The van der Waals surface area contributed by atoms with Gasteiger partial charge in [0.25, 0.3) is 0 Å². The number of carbonyl (C=O) groups excluding carboxylic acids is 1. The largest absolute Gasteiger partial charge is 0.394 e. The standard InChI is InChI=1S/C54H105NO15/c1-3-5-7-9-11-13-15-17-18-19-20-21-22-24-26-28-30-32-34-36-42(59)52(66)55-40(45(61)41(58)35-33-31-29-27-25-23-16-14-12-10-8-6-4-2)39-67-53-49(65)51(46(62)44(38-57)68-53)70-54-48(64)47(63)50(69-54)43(60)37-56/h40-51,53-54,56-65H,3-39H2,1-2H3,(H,55,66). The number of carbonyl (C=O) groups is 1. The number of ether oxygens (including phenoxy) is 4. The first-order valence-electron chi connectivity index (χ1n) is 28.5. The Kier molecular flexibility index (Phi) is 38.3. The van der Waals surface area contributed by atoms with Crippen molar-refractivity contribution in [3.05, 3.63) is 0 Å². The van der Waals surface area contributed by atoms with Crippen molar-refractivity contribution in [2.45, 2.75) is 318 Å². The number of hydrogen-bond donors (Lipinski definition) is 11. The maximum absolute atomic E-state index is 13.4. The Morgan fingerprint density at radius 1 is 0.514 bits per heavy atom. The molecule has 16 heteroatoms. The van der Waals surface area contributed by atoms with Crippen molar-refractivity contribution in [3.63, 3.8) is 0 Å². The second-order valence-corrected chi connectivity index (χ2v) is 20.7. The Morgan fingerprint density at radius 2 is 0.929 bits per heavy atom. The molecule has 2 fully saturated rings. The first-order chi connectivity index (χ1) is 33.9. The topological polar surface area (TPSA) is 268 Å². The first kappa shape index (κ1) is 65.0. The summed E-state index contributed by atoms with van der Waals surface area (Å²) in [4.78, 5) is 13.4. The normalized spacial score (nSPS) is 26.0. The SMILES string of the molecule is CCCCCCCCCCCCCCCCCCCCCC(O)C(=O)NC(COC1OC(CO)C(O)C(OC2OC(C(O)CO)C(O)C2O)C1O)C(O)C(O)CCCCCCCCCCCCCCC. The van der Waals surface area contributed by atoms with Gasteiger partial charge in [0.05, 0.1) is 32.0 Å². The third-order valence-electron chi connectivity index (χ3n) is 14.5. The van der Waals surface area contributed by atoms with E-state index in [0.717, 1.165) is 44.9 Å². The molecule has 14 atom stereocenters. The van der Waals surface area contributed by atoms with E-state index in [1.54, 1.807) is 0 Å². The van der Waals surface area contributed by atoms with Crippen molar-refractivity contribution in [1.29, 1.82) is 0 Å². The van der Waals surface area contributed by atoms with E-state index >= 15 is 0 Å². The van der Waals surface area contributed by atoms with Gasteiger partial charge in [-0.25, -0.2) is 0 Å². The molecular formula is C54H105NO15. The first-order valence-corrected chi connectivity index (χ1v) is 28.5. The molecule has 0 bridgehead atoms. The number of aliphatic hydroxyl groups excluding tert-OH is 10. The fourth-order valence-electron chi connectivity index (χ4n) is 9.77. The van der Waals surface area contributed by atoms with Gasteiger partial charge in [-0.3, -0.25) is 4.79 Å². The average molecular weight is 1010 g/mol. The molecular weight excluding hydrogens is 903 g/mol. The molecule has 16 nitrogen and oxygen atoms in total. The molecule has 2 heterocycles. The van der Waals surface area contributed by atoms with Crippen LogP contribution in [-0.2, 0) is 23.7 Å². The summed E-state index contributed by atoms with van der Waals surface area (Å²) in [6.45, 7) is 2.39. The highest BCUT2D eigenvalue weighted by atomic mass is 16.7. The Morgan fingerprint density at radius 3 is 1.34 bits per heavy atom. The maximum Gasteiger partial charge on any atom is 0.249 e.